The lowest BCUT2D eigenvalue weighted by Crippen LogP contribution is -2.51. The van der Waals surface area contributed by atoms with Crippen LogP contribution in [-0.4, -0.2) is 151 Å². The predicted octanol–water partition coefficient (Wildman–Crippen LogP) is -2.35. The van der Waals surface area contributed by atoms with E-state index in [-0.39, 0.29) is 116 Å². The van der Waals surface area contributed by atoms with Gasteiger partial charge in [-0.3, -0.25) is 47.9 Å². The number of carbonyl (C=O) groups excluding carboxylic acids is 10. The summed E-state index contributed by atoms with van der Waals surface area (Å²) in [5.74, 6) is -6.07. The van der Waals surface area contributed by atoms with Crippen molar-refractivity contribution in [3.05, 3.63) is 84.1 Å². The number of nitrogens with one attached hydrogen (secondary N) is 10. The van der Waals surface area contributed by atoms with Gasteiger partial charge in [-0.2, -0.15) is 0 Å². The Kier molecular flexibility index (Phi) is 19.5. The molecule has 0 fully saturated rings. The van der Waals surface area contributed by atoms with Gasteiger partial charge in [0.15, 0.2) is 34.7 Å². The van der Waals surface area contributed by atoms with E-state index in [0.717, 1.165) is 6.42 Å². The van der Waals surface area contributed by atoms with Crippen LogP contribution in [0.3, 0.4) is 0 Å². The number of aromatic hydroxyl groups is 1. The van der Waals surface area contributed by atoms with Gasteiger partial charge in [-0.1, -0.05) is 0 Å². The maximum Gasteiger partial charge on any atom is 0.291 e. The first kappa shape index (κ1) is 58.1. The van der Waals surface area contributed by atoms with E-state index in [0.29, 0.717) is 18.8 Å². The summed E-state index contributed by atoms with van der Waals surface area (Å²) in [4.78, 5) is 144. The van der Waals surface area contributed by atoms with E-state index in [1.54, 1.807) is 27.3 Å². The molecule has 32 heteroatoms. The highest BCUT2D eigenvalue weighted by molar-refractivity contribution is 6.06. The monoisotopic (exact) mass is 1100 g/mol. The summed E-state index contributed by atoms with van der Waals surface area (Å²) < 4.78 is 8.39. The molecule has 0 bridgehead atoms. The molecule has 0 aromatic carbocycles. The Hall–Kier alpha value is -10.1. The fourth-order valence-corrected chi connectivity index (χ4v) is 7.54. The highest BCUT2D eigenvalue weighted by Crippen LogP contribution is 2.30. The van der Waals surface area contributed by atoms with Crippen LogP contribution in [0, 0.1) is 0 Å². The van der Waals surface area contributed by atoms with E-state index in [1.165, 1.54) is 91.8 Å². The number of imidazole rings is 4. The van der Waals surface area contributed by atoms with Crippen molar-refractivity contribution >= 4 is 87.9 Å². The topological polar surface area (TPSA) is 420 Å². The molecule has 32 nitrogen and oxygen atoms in total. The van der Waals surface area contributed by atoms with E-state index < -0.39 is 58.9 Å². The average Bonchev–Trinajstić information content (AvgIpc) is 4.37. The lowest BCUT2D eigenvalue weighted by Gasteiger charge is -2.07. The predicted molar refractivity (Wildman–Crippen MR) is 280 cm³/mol. The molecule has 0 atom stereocenters. The summed E-state index contributed by atoms with van der Waals surface area (Å²) in [5.41, 5.74) is 3.90. The molecule has 0 aliphatic rings. The van der Waals surface area contributed by atoms with Crippen LogP contribution < -0.4 is 58.9 Å². The fourth-order valence-electron chi connectivity index (χ4n) is 7.54. The molecule has 0 aliphatic heterocycles. The van der Waals surface area contributed by atoms with Gasteiger partial charge in [0.1, 0.15) is 11.4 Å². The highest BCUT2D eigenvalue weighted by atomic mass is 16.3. The minimum atomic E-state index is -0.779. The van der Waals surface area contributed by atoms with Crippen LogP contribution in [0.1, 0.15) is 95.6 Å². The van der Waals surface area contributed by atoms with E-state index in [2.05, 4.69) is 78.8 Å². The molecule has 0 radical (unpaired) electrons. The van der Waals surface area contributed by atoms with Gasteiger partial charge >= 0.3 is 0 Å². The van der Waals surface area contributed by atoms with Crippen molar-refractivity contribution in [2.45, 2.75) is 32.1 Å². The third kappa shape index (κ3) is 15.7. The molecule has 6 aromatic rings. The van der Waals surface area contributed by atoms with Crippen LogP contribution in [-0.2, 0) is 61.5 Å². The molecule has 420 valence electrons. The second kappa shape index (κ2) is 26.6. The Morgan fingerprint density at radius 3 is 1.42 bits per heavy atom. The van der Waals surface area contributed by atoms with Gasteiger partial charge in [-0.15, -0.1) is 0 Å². The largest absolute Gasteiger partial charge is 0.504 e. The van der Waals surface area contributed by atoms with E-state index in [1.807, 2.05) is 0 Å². The molecule has 0 aliphatic carbocycles. The van der Waals surface area contributed by atoms with Crippen molar-refractivity contribution in [3.8, 4) is 5.75 Å². The number of hydrogen-bond acceptors (Lipinski definition) is 15. The van der Waals surface area contributed by atoms with Crippen molar-refractivity contribution in [3.63, 3.8) is 0 Å². The number of aryl methyl sites for hydroxylation is 6. The van der Waals surface area contributed by atoms with Gasteiger partial charge in [0.2, 0.25) is 41.1 Å². The Morgan fingerprint density at radius 1 is 0.468 bits per heavy atom. The molecule has 79 heavy (non-hydrogen) atoms. The zero-order chi connectivity index (χ0) is 57.5. The molecule has 10 amide bonds. The minimum Gasteiger partial charge on any atom is -0.504 e. The van der Waals surface area contributed by atoms with Crippen molar-refractivity contribution in [2.75, 3.05) is 65.9 Å². The zero-order valence-corrected chi connectivity index (χ0v) is 44.1. The molecule has 6 aromatic heterocycles. The number of aromatic nitrogens is 10. The van der Waals surface area contributed by atoms with Gasteiger partial charge in [0, 0.05) is 150 Å². The Labute approximate surface area is 449 Å². The lowest BCUT2D eigenvalue weighted by molar-refractivity contribution is -0.367. The number of nitrogens with zero attached hydrogens (tertiary/aromatic N) is 10. The van der Waals surface area contributed by atoms with Crippen molar-refractivity contribution in [1.82, 2.24) is 73.9 Å². The molecule has 14 N–H and O–H groups in total. The molecular formula is C47H62N21O11+. The van der Waals surface area contributed by atoms with Crippen LogP contribution in [0.5, 0.6) is 5.75 Å². The number of quaternary nitrogens is 1. The third-order valence-electron chi connectivity index (χ3n) is 11.5. The number of carbonyl (C=O) groups is 10. The van der Waals surface area contributed by atoms with E-state index >= 15 is 0 Å². The maximum absolute atomic E-state index is 13.2. The van der Waals surface area contributed by atoms with Gasteiger partial charge in [0.25, 0.3) is 35.4 Å². The summed E-state index contributed by atoms with van der Waals surface area (Å²) in [6, 6.07) is 1.47. The summed E-state index contributed by atoms with van der Waals surface area (Å²) in [6.45, 7) is 1.03. The number of anilines is 5. The number of amides is 10. The lowest BCUT2D eigenvalue weighted by atomic mass is 10.3. The second-order valence-electron chi connectivity index (χ2n) is 17.8. The van der Waals surface area contributed by atoms with Gasteiger partial charge < -0.3 is 91.4 Å². The van der Waals surface area contributed by atoms with Crippen LogP contribution in [0.25, 0.3) is 0 Å². The van der Waals surface area contributed by atoms with Crippen LogP contribution in [0.15, 0.2) is 49.4 Å². The van der Waals surface area contributed by atoms with E-state index in [9.17, 15) is 53.1 Å². The summed E-state index contributed by atoms with van der Waals surface area (Å²) in [7, 11) is 9.30. The van der Waals surface area contributed by atoms with Crippen LogP contribution in [0.2, 0.25) is 0 Å². The number of hydrogen-bond donors (Lipinski definition) is 12. The molecule has 6 heterocycles. The fraction of sp³-hybridized carbons (Fsp3) is 0.362. The smallest absolute Gasteiger partial charge is 0.291 e. The quantitative estimate of drug-likeness (QED) is 0.0253. The summed E-state index contributed by atoms with van der Waals surface area (Å²) in [5, 5.41) is 36.9. The Morgan fingerprint density at radius 2 is 0.924 bits per heavy atom. The first-order chi connectivity index (χ1) is 37.6. The number of rotatable bonds is 26. The Balaban J connectivity index is 0.888. The summed E-state index contributed by atoms with van der Waals surface area (Å²) >= 11 is 0. The molecular weight excluding hydrogens is 1030 g/mol. The van der Waals surface area contributed by atoms with Crippen molar-refractivity contribution < 1.29 is 58.8 Å². The van der Waals surface area contributed by atoms with Crippen molar-refractivity contribution in [1.29, 1.82) is 0 Å². The molecule has 0 spiro atoms. The first-order valence-corrected chi connectivity index (χ1v) is 24.4. The second-order valence-corrected chi connectivity index (χ2v) is 17.8. The SMILES string of the molecule is Cn1cc(NC(=O)c2nc(NC(=O)CCNC(=O)c3nc(NC(=O)CCNC(=O)c4c(O)c(NC(=O)c5nc(NC(=O)CCNC(=O)c6nccn6C)cn5C)cn4C)cn3C)cn2C)cc1C(=O)NCCC(=O)NCCC[NH3+]. The molecule has 0 unspecified atom stereocenters. The average molecular weight is 1100 g/mol. The van der Waals surface area contributed by atoms with Crippen LogP contribution >= 0.6 is 0 Å². The molecule has 0 saturated carbocycles. The molecule has 0 saturated heterocycles. The van der Waals surface area contributed by atoms with Crippen LogP contribution in [0.4, 0.5) is 28.8 Å². The van der Waals surface area contributed by atoms with Gasteiger partial charge in [0.05, 0.1) is 12.2 Å². The van der Waals surface area contributed by atoms with Gasteiger partial charge in [-0.25, -0.2) is 19.9 Å². The zero-order valence-electron chi connectivity index (χ0n) is 44.1. The first-order valence-electron chi connectivity index (χ1n) is 24.4. The van der Waals surface area contributed by atoms with Gasteiger partial charge in [-0.05, 0) is 6.07 Å². The Bertz CT molecular complexity index is 3280. The molecule has 6 rings (SSSR count). The third-order valence-corrected chi connectivity index (χ3v) is 11.5. The minimum absolute atomic E-state index is 0.0119. The standard InChI is InChI=1S/C47H61N21O11/c1-63-19-18-50-38(63)44(76)53-16-10-34(71)59-31-25-68(6)41(62-31)47(79)56-27-22-65(3)36(37(27)73)43(75)52-15-9-33(70)57-29-23-66(4)39(60-29)45(77)54-17-11-35(72)58-30-24-67(5)40(61-30)46(78)55-26-20-28(64(2)21-26)42(74)51-14-8-32(69)49-13-7-12-48/h18-25,73H,7-17,48H2,1-6H3,(H,49,69)(H,51,74)(H,52,75)(H,53,76)(H,54,77)(H,55,78)(H,56,79)(H,57,70)(H,58,72)(H,59,71)/p+1. The maximum atomic E-state index is 13.2. The van der Waals surface area contributed by atoms with E-state index in [4.69, 9.17) is 0 Å². The highest BCUT2D eigenvalue weighted by Gasteiger charge is 2.25. The normalized spacial score (nSPS) is 10.8. The van der Waals surface area contributed by atoms with Crippen molar-refractivity contribution in [2.24, 2.45) is 42.3 Å². The summed E-state index contributed by atoms with van der Waals surface area (Å²) in [6.07, 6.45) is 10.4.